The fourth-order valence-corrected chi connectivity index (χ4v) is 5.87. The second-order valence-corrected chi connectivity index (χ2v) is 15.9. The number of rotatable bonds is 8. The summed E-state index contributed by atoms with van der Waals surface area (Å²) in [5.41, 5.74) is -4.50. The highest BCUT2D eigenvalue weighted by atomic mass is 19.2. The van der Waals surface area contributed by atoms with E-state index in [0.29, 0.717) is 30.5 Å². The third kappa shape index (κ3) is 14.9. The van der Waals surface area contributed by atoms with E-state index >= 15 is 0 Å². The zero-order valence-corrected chi connectivity index (χ0v) is 41.4. The van der Waals surface area contributed by atoms with Gasteiger partial charge in [-0.05, 0) is 98.5 Å². The van der Waals surface area contributed by atoms with Gasteiger partial charge >= 0.3 is 23.9 Å². The predicted octanol–water partition coefficient (Wildman–Crippen LogP) is 12.6. The molecule has 0 unspecified atom stereocenters. The van der Waals surface area contributed by atoms with Crippen LogP contribution >= 0.6 is 0 Å². The molecular weight excluding hydrogens is 1190 g/mol. The van der Waals surface area contributed by atoms with Crippen molar-refractivity contribution in [3.05, 3.63) is 229 Å². The molecule has 3 aromatic heterocycles. The van der Waals surface area contributed by atoms with Crippen molar-refractivity contribution >= 4 is 23.9 Å². The highest BCUT2D eigenvalue weighted by Gasteiger charge is 2.33. The summed E-state index contributed by atoms with van der Waals surface area (Å²) >= 11 is 0. The van der Waals surface area contributed by atoms with Crippen molar-refractivity contribution < 1.29 is 126 Å². The lowest BCUT2D eigenvalue weighted by atomic mass is 10.1. The number of benzene rings is 5. The zero-order valence-electron chi connectivity index (χ0n) is 41.4. The molecule has 0 atom stereocenters. The van der Waals surface area contributed by atoms with Crippen molar-refractivity contribution in [3.8, 4) is 23.0 Å². The third-order valence-electron chi connectivity index (χ3n) is 10.0. The van der Waals surface area contributed by atoms with Crippen LogP contribution in [0, 0.1) is 144 Å². The van der Waals surface area contributed by atoms with Crippen LogP contribution in [0.4, 0.5) is 87.8 Å². The number of aromatic nitrogens is 5. The Bertz CT molecular complexity index is 3470. The van der Waals surface area contributed by atoms with Gasteiger partial charge in [0.05, 0.1) is 18.0 Å². The normalized spacial score (nSPS) is 10.6. The number of halogens is 20. The predicted molar refractivity (Wildman–Crippen MR) is 238 cm³/mol. The Morgan fingerprint density at radius 1 is 0.310 bits per heavy atom. The highest BCUT2D eigenvalue weighted by Crippen LogP contribution is 2.32. The minimum absolute atomic E-state index is 0.219. The molecule has 8 aromatic rings. The molecular formula is C51H23F20N5O8. The first-order valence-corrected chi connectivity index (χ1v) is 21.8. The van der Waals surface area contributed by atoms with Crippen LogP contribution in [0.5, 0.6) is 23.0 Å². The SMILES string of the molecule is Cc1cc(F)c(F)c(OC(=O)c2c(F)c(F)c([18F])c(F)c2F)c1F.Cc1cc(F)c(F)c(OC(=O)c2ccc([18F])nc2)c1F.Cc1cc(F)c(F)c(OC(=O)c2ccc([18F])nn2)c1F.Cc1cc(F)c(F)c(OC(=O)c2cnc([18F])cn2)c1F. The summed E-state index contributed by atoms with van der Waals surface area (Å²) in [5.74, 6) is -44.4. The molecule has 0 saturated carbocycles. The number of hydrogen-bond acceptors (Lipinski definition) is 13. The highest BCUT2D eigenvalue weighted by molar-refractivity contribution is 5.92. The molecule has 0 aliphatic heterocycles. The molecule has 84 heavy (non-hydrogen) atoms. The average molecular weight is 1210 g/mol. The van der Waals surface area contributed by atoms with Gasteiger partial charge in [0.15, 0.2) is 81.2 Å². The molecule has 0 N–H and O–H groups in total. The second kappa shape index (κ2) is 27.1. The first-order valence-electron chi connectivity index (χ1n) is 21.8. The number of hydrogen-bond donors (Lipinski definition) is 0. The number of pyridine rings is 1. The summed E-state index contributed by atoms with van der Waals surface area (Å²) in [6, 6.07) is 5.91. The van der Waals surface area contributed by atoms with Gasteiger partial charge in [0.2, 0.25) is 69.9 Å². The van der Waals surface area contributed by atoms with Gasteiger partial charge in [-0.2, -0.15) is 30.7 Å². The Kier molecular flexibility index (Phi) is 20.9. The Morgan fingerprint density at radius 3 is 1.00 bits per heavy atom. The number of esters is 4. The molecule has 13 nitrogen and oxygen atoms in total. The first kappa shape index (κ1) is 64.7. The van der Waals surface area contributed by atoms with E-state index in [1.54, 1.807) is 0 Å². The number of aryl methyl sites for hydroxylation is 4. The van der Waals surface area contributed by atoms with E-state index in [-0.39, 0.29) is 22.3 Å². The van der Waals surface area contributed by atoms with Crippen molar-refractivity contribution in [1.82, 2.24) is 25.1 Å². The van der Waals surface area contributed by atoms with Gasteiger partial charge in [0.1, 0.15) is 5.56 Å². The second-order valence-electron chi connectivity index (χ2n) is 15.9. The topological polar surface area (TPSA) is 170 Å². The maximum Gasteiger partial charge on any atom is 0.364 e. The van der Waals surface area contributed by atoms with Crippen LogP contribution in [0.1, 0.15) is 63.9 Å². The number of carbonyl (C=O) groups is 4. The fourth-order valence-electron chi connectivity index (χ4n) is 5.87. The number of carbonyl (C=O) groups excluding carboxylic acids is 4. The molecule has 0 aliphatic rings. The van der Waals surface area contributed by atoms with Gasteiger partial charge in [-0.15, -0.1) is 10.2 Å². The molecule has 0 aliphatic carbocycles. The van der Waals surface area contributed by atoms with E-state index < -0.39 is 186 Å². The summed E-state index contributed by atoms with van der Waals surface area (Å²) in [7, 11) is 0. The van der Waals surface area contributed by atoms with Crippen molar-refractivity contribution in [2.24, 2.45) is 0 Å². The molecule has 0 saturated heterocycles. The lowest BCUT2D eigenvalue weighted by Crippen LogP contribution is -2.19. The lowest BCUT2D eigenvalue weighted by molar-refractivity contribution is 0.0697. The summed E-state index contributed by atoms with van der Waals surface area (Å²) in [6.45, 7) is 4.49. The lowest BCUT2D eigenvalue weighted by Gasteiger charge is -2.11. The Morgan fingerprint density at radius 2 is 0.655 bits per heavy atom. The van der Waals surface area contributed by atoms with Gasteiger partial charge < -0.3 is 18.9 Å². The molecule has 0 amide bonds. The molecule has 0 bridgehead atoms. The van der Waals surface area contributed by atoms with E-state index in [1.807, 2.05) is 0 Å². The Balaban J connectivity index is 0.000000205. The molecule has 5 aromatic carbocycles. The van der Waals surface area contributed by atoms with E-state index in [9.17, 15) is 107 Å². The summed E-state index contributed by atoms with van der Waals surface area (Å²) < 4.78 is 281. The maximum absolute atomic E-state index is 13.7. The fraction of sp³-hybridized carbons (Fsp3) is 0.0784. The molecule has 8 rings (SSSR count). The molecule has 0 radical (unpaired) electrons. The summed E-state index contributed by atoms with van der Waals surface area (Å²) in [5, 5.41) is 6.08. The monoisotopic (exact) mass is 1210 g/mol. The third-order valence-corrected chi connectivity index (χ3v) is 10.0. The summed E-state index contributed by atoms with van der Waals surface area (Å²) in [4.78, 5) is 55.9. The van der Waals surface area contributed by atoms with E-state index in [1.165, 1.54) is 20.8 Å². The molecule has 33 heteroatoms. The van der Waals surface area contributed by atoms with Crippen LogP contribution in [0.25, 0.3) is 0 Å². The molecule has 0 spiro atoms. The first-order chi connectivity index (χ1) is 39.3. The van der Waals surface area contributed by atoms with Gasteiger partial charge in [-0.1, -0.05) is 0 Å². The van der Waals surface area contributed by atoms with Crippen LogP contribution in [-0.4, -0.2) is 49.0 Å². The van der Waals surface area contributed by atoms with Gasteiger partial charge in [0, 0.05) is 6.20 Å². The van der Waals surface area contributed by atoms with E-state index in [4.69, 9.17) is 0 Å². The van der Waals surface area contributed by atoms with E-state index in [2.05, 4.69) is 44.1 Å². The van der Waals surface area contributed by atoms with Crippen molar-refractivity contribution in [2.75, 3.05) is 0 Å². The van der Waals surface area contributed by atoms with Crippen LogP contribution in [0.2, 0.25) is 0 Å². The Labute approximate surface area is 453 Å². The van der Waals surface area contributed by atoms with Crippen molar-refractivity contribution in [1.29, 1.82) is 0 Å². The van der Waals surface area contributed by atoms with Crippen LogP contribution in [0.3, 0.4) is 0 Å². The van der Waals surface area contributed by atoms with Gasteiger partial charge in [0.25, 0.3) is 0 Å². The van der Waals surface area contributed by atoms with Gasteiger partial charge in [-0.25, -0.2) is 91.2 Å². The zero-order chi connectivity index (χ0) is 62.9. The number of ether oxygens (including phenoxy) is 4. The minimum atomic E-state index is -2.54. The minimum Gasteiger partial charge on any atom is -0.416 e. The molecule has 0 fully saturated rings. The van der Waals surface area contributed by atoms with Crippen molar-refractivity contribution in [2.45, 2.75) is 27.7 Å². The van der Waals surface area contributed by atoms with Gasteiger partial charge in [-0.3, -0.25) is 0 Å². The smallest absolute Gasteiger partial charge is 0.364 e. The average Bonchev–Trinajstić information content (AvgIpc) is 3.63. The van der Waals surface area contributed by atoms with Crippen LogP contribution in [-0.2, 0) is 0 Å². The van der Waals surface area contributed by atoms with Crippen LogP contribution < -0.4 is 18.9 Å². The largest absolute Gasteiger partial charge is 0.416 e. The summed E-state index contributed by atoms with van der Waals surface area (Å²) in [6.07, 6.45) is 2.18. The molecule has 3 heterocycles. The quantitative estimate of drug-likeness (QED) is 0.0352. The molecule has 440 valence electrons. The van der Waals surface area contributed by atoms with Crippen LogP contribution in [0.15, 0.2) is 67.1 Å². The Hall–Kier alpha value is -10.1. The maximum atomic E-state index is 13.7. The standard InChI is InChI=1S/C14H4F8O2.C13H7F4NO2.2C12H6F4N2O2/c1-3-2-4(15)7(17)13(6(3)16)24-14(23)5-8(18)10(20)12(22)11(21)9(5)19;1-6-4-8(14)11(17)12(10(6)16)20-13(19)7-2-3-9(15)18-5-7;1-5-2-6(13)10(16)11(9(5)15)20-12(19)7-3-18-8(14)4-17-7;1-5-4-6(13)10(16)11(9(5)15)20-12(19)7-2-3-8(14)18-17-7/h2H,1H3;2-5H,1H3;2*2-4H,1H3/i22-1;15-1;2*14-1. The van der Waals surface area contributed by atoms with E-state index in [0.717, 1.165) is 43.6 Å². The number of nitrogens with zero attached hydrogens (tertiary/aromatic N) is 5. The van der Waals surface area contributed by atoms with Crippen molar-refractivity contribution in [3.63, 3.8) is 0 Å².